The van der Waals surface area contributed by atoms with E-state index in [4.69, 9.17) is 0 Å². The van der Waals surface area contributed by atoms with Crippen LogP contribution in [0.25, 0.3) is 0 Å². The first-order chi connectivity index (χ1) is 0. The Morgan fingerprint density at radius 2 is 0.133 bits per heavy atom. The van der Waals surface area contributed by atoms with Crippen molar-refractivity contribution in [1.29, 1.82) is 0 Å². The molecule has 0 aromatic rings. The Morgan fingerprint density at radius 1 is 0.133 bits per heavy atom. The predicted octanol–water partition coefficient (Wildman–Crippen LogP) is -9.90. The van der Waals surface area contributed by atoms with Crippen molar-refractivity contribution >= 4 is 0 Å². The van der Waals surface area contributed by atoms with Crippen molar-refractivity contribution in [3.63, 3.8) is 0 Å². The fourth-order valence-corrected chi connectivity index (χ4v) is 0. The largest absolute Gasteiger partial charge is 0.412 e. The maximum absolute atomic E-state index is 0. The minimum atomic E-state index is 0. The van der Waals surface area contributed by atoms with Gasteiger partial charge in [-0.1, -0.05) is 0 Å². The Morgan fingerprint density at radius 3 is 0.133 bits per heavy atom. The predicted molar refractivity (Wildman–Crippen MR) is 43.4 cm³/mol. The summed E-state index contributed by atoms with van der Waals surface area (Å²) in [6.07, 6.45) is 0. The van der Waals surface area contributed by atoms with Crippen molar-refractivity contribution in [2.75, 3.05) is 0 Å². The van der Waals surface area contributed by atoms with Crippen LogP contribution in [0.2, 0.25) is 0 Å². The summed E-state index contributed by atoms with van der Waals surface area (Å²) in [6.45, 7) is 0. The summed E-state index contributed by atoms with van der Waals surface area (Å²) in [7, 11) is 0. The van der Waals surface area contributed by atoms with E-state index in [1.807, 2.05) is 0 Å². The van der Waals surface area contributed by atoms with Gasteiger partial charge in [0.15, 0.2) is 0 Å². The van der Waals surface area contributed by atoms with Crippen molar-refractivity contribution in [2.45, 2.75) is 0 Å². The summed E-state index contributed by atoms with van der Waals surface area (Å²) in [6, 6.07) is 0. The molecule has 0 rings (SSSR count). The number of hydrogen-bond acceptors (Lipinski definition) is 0. The van der Waals surface area contributed by atoms with Crippen molar-refractivity contribution in [3.05, 3.63) is 0 Å². The summed E-state index contributed by atoms with van der Waals surface area (Å²) in [5.41, 5.74) is 0. The zero-order chi connectivity index (χ0) is 0. The van der Waals surface area contributed by atoms with E-state index in [0.29, 0.717) is 0 Å². The molecule has 0 bridgehead atoms. The molecule has 0 aliphatic rings. The molecular formula is H24O12Ti3. The Kier molecular flexibility index (Phi) is 120000. The van der Waals surface area contributed by atoms with Gasteiger partial charge in [-0.3, -0.25) is 0 Å². The van der Waals surface area contributed by atoms with Crippen molar-refractivity contribution < 1.29 is 131 Å². The quantitative estimate of drug-likeness (QED) is 0.363. The average Bonchev–Trinajstić information content (AvgIpc) is 0. The fraction of sp³-hybridized carbons (Fsp3) is 0. The molecule has 0 heterocycles. The van der Waals surface area contributed by atoms with Gasteiger partial charge >= 0.3 is 0 Å². The third-order valence-corrected chi connectivity index (χ3v) is 0. The van der Waals surface area contributed by atoms with Crippen LogP contribution in [0.15, 0.2) is 0 Å². The van der Waals surface area contributed by atoms with Crippen LogP contribution in [-0.2, 0) is 65.2 Å². The monoisotopic (exact) mass is 360 g/mol. The Bertz CT molecular complexity index is 10.8. The summed E-state index contributed by atoms with van der Waals surface area (Å²) in [5, 5.41) is 0. The summed E-state index contributed by atoms with van der Waals surface area (Å²) in [4.78, 5) is 0. The molecule has 0 unspecified atom stereocenters. The first-order valence-electron chi connectivity index (χ1n) is 0. The third kappa shape index (κ3) is 1060. The zero-order valence-electron chi connectivity index (χ0n) is 7.50. The second-order valence-corrected chi connectivity index (χ2v) is 0. The molecule has 0 spiro atoms. The minimum Gasteiger partial charge on any atom is -0.412 e. The van der Waals surface area contributed by atoms with Crippen LogP contribution in [0.3, 0.4) is 0 Å². The second kappa shape index (κ2) is 1220. The summed E-state index contributed by atoms with van der Waals surface area (Å²) >= 11 is 0. The maximum Gasteiger partial charge on any atom is 0 e. The van der Waals surface area contributed by atoms with Gasteiger partial charge in [-0.15, -0.1) is 0 Å². The average molecular weight is 360 g/mol. The van der Waals surface area contributed by atoms with Gasteiger partial charge in [0.25, 0.3) is 0 Å². The minimum absolute atomic E-state index is 0. The SMILES string of the molecule is O.O.O.O.O.O.O.O.O.O.O.O.[Ti].[Ti].[Ti]. The first kappa shape index (κ1) is 1480. The van der Waals surface area contributed by atoms with Crippen LogP contribution < -0.4 is 0 Å². The van der Waals surface area contributed by atoms with E-state index < -0.39 is 0 Å². The second-order valence-electron chi connectivity index (χ2n) is 0. The van der Waals surface area contributed by atoms with Gasteiger partial charge in [0.1, 0.15) is 0 Å². The van der Waals surface area contributed by atoms with E-state index in [2.05, 4.69) is 0 Å². The van der Waals surface area contributed by atoms with Gasteiger partial charge in [-0.05, 0) is 0 Å². The third-order valence-electron chi connectivity index (χ3n) is 0. The summed E-state index contributed by atoms with van der Waals surface area (Å²) < 4.78 is 0. The number of rotatable bonds is 0. The van der Waals surface area contributed by atoms with Gasteiger partial charge in [0, 0.05) is 65.2 Å². The summed E-state index contributed by atoms with van der Waals surface area (Å²) in [5.74, 6) is 0. The van der Waals surface area contributed by atoms with Crippen molar-refractivity contribution in [3.8, 4) is 0 Å². The normalized spacial score (nSPS) is 0. The molecule has 0 aromatic carbocycles. The van der Waals surface area contributed by atoms with Gasteiger partial charge < -0.3 is 65.7 Å². The molecule has 0 aromatic heterocycles. The molecule has 0 aliphatic heterocycles. The van der Waals surface area contributed by atoms with Crippen molar-refractivity contribution in [1.82, 2.24) is 0 Å². The molecule has 108 valence electrons. The number of hydrogen-bond donors (Lipinski definition) is 0. The van der Waals surface area contributed by atoms with Crippen LogP contribution in [0.1, 0.15) is 0 Å². The molecule has 15 heteroatoms. The molecular weight excluding hydrogens is 336 g/mol. The van der Waals surface area contributed by atoms with Crippen LogP contribution in [0, 0.1) is 0 Å². The smallest absolute Gasteiger partial charge is 0 e. The maximum atomic E-state index is 0. The molecule has 0 radical (unpaired) electrons. The van der Waals surface area contributed by atoms with Crippen molar-refractivity contribution in [2.24, 2.45) is 0 Å². The molecule has 0 aliphatic carbocycles. The van der Waals surface area contributed by atoms with E-state index in [9.17, 15) is 0 Å². The van der Waals surface area contributed by atoms with Gasteiger partial charge in [-0.2, -0.15) is 0 Å². The fourth-order valence-electron chi connectivity index (χ4n) is 0. The van der Waals surface area contributed by atoms with E-state index >= 15 is 0 Å². The Balaban J connectivity index is 0. The molecule has 12 nitrogen and oxygen atoms in total. The molecule has 24 N–H and O–H groups in total. The van der Waals surface area contributed by atoms with Crippen LogP contribution in [-0.4, -0.2) is 65.7 Å². The molecule has 15 heavy (non-hydrogen) atoms. The van der Waals surface area contributed by atoms with Gasteiger partial charge in [0.2, 0.25) is 0 Å². The topological polar surface area (TPSA) is 378 Å². The van der Waals surface area contributed by atoms with E-state index in [1.54, 1.807) is 0 Å². The van der Waals surface area contributed by atoms with Gasteiger partial charge in [-0.25, -0.2) is 0 Å². The van der Waals surface area contributed by atoms with Gasteiger partial charge in [0.05, 0.1) is 0 Å². The molecule has 0 saturated carbocycles. The van der Waals surface area contributed by atoms with E-state index in [-0.39, 0.29) is 131 Å². The molecule has 0 amide bonds. The Hall–Kier alpha value is 1.66. The van der Waals surface area contributed by atoms with Crippen LogP contribution >= 0.6 is 0 Å². The van der Waals surface area contributed by atoms with E-state index in [0.717, 1.165) is 0 Å². The first-order valence-corrected chi connectivity index (χ1v) is 0. The zero-order valence-corrected chi connectivity index (χ0v) is 12.2. The molecule has 0 atom stereocenters. The standard InChI is InChI=1S/12H2O.3Ti/h12*1H2;;;. The van der Waals surface area contributed by atoms with Crippen LogP contribution in [0.5, 0.6) is 0 Å². The Labute approximate surface area is 130 Å². The molecule has 0 saturated heterocycles. The van der Waals surface area contributed by atoms with E-state index in [1.165, 1.54) is 0 Å². The molecule has 0 fully saturated rings. The van der Waals surface area contributed by atoms with Crippen LogP contribution in [0.4, 0.5) is 0 Å².